The third kappa shape index (κ3) is 2.46. The topological polar surface area (TPSA) is 17.1 Å². The van der Waals surface area contributed by atoms with Gasteiger partial charge in [-0.2, -0.15) is 13.2 Å². The minimum absolute atomic E-state index is 0.0604. The van der Waals surface area contributed by atoms with Gasteiger partial charge >= 0.3 is 6.18 Å². The Morgan fingerprint density at radius 1 is 1.22 bits per heavy atom. The predicted molar refractivity (Wildman–Crippen MR) is 64.9 cm³/mol. The van der Waals surface area contributed by atoms with Crippen LogP contribution in [0.1, 0.15) is 21.5 Å². The van der Waals surface area contributed by atoms with E-state index in [0.29, 0.717) is 11.2 Å². The number of alkyl halides is 3. The molecule has 0 fully saturated rings. The molecule has 1 nitrogen and oxygen atoms in total. The van der Waals surface area contributed by atoms with Gasteiger partial charge in [-0.15, -0.1) is 11.3 Å². The standard InChI is InChI=1S/C13H9F3OS/c1-8-4-12(18-7-8)10-5-9(6-17)2-3-11(10)13(14,15)16/h2-7H,1H3. The molecule has 1 aromatic carbocycles. The second kappa shape index (κ2) is 4.57. The fourth-order valence-electron chi connectivity index (χ4n) is 1.66. The van der Waals surface area contributed by atoms with E-state index in [2.05, 4.69) is 0 Å². The molecular weight excluding hydrogens is 261 g/mol. The molecule has 0 atom stereocenters. The van der Waals surface area contributed by atoms with Crippen LogP contribution in [0.5, 0.6) is 0 Å². The van der Waals surface area contributed by atoms with Gasteiger partial charge in [0.25, 0.3) is 0 Å². The normalized spacial score (nSPS) is 11.6. The second-order valence-corrected chi connectivity index (χ2v) is 4.82. The van der Waals surface area contributed by atoms with Crippen molar-refractivity contribution in [3.63, 3.8) is 0 Å². The van der Waals surface area contributed by atoms with Gasteiger partial charge in [-0.1, -0.05) is 6.07 Å². The van der Waals surface area contributed by atoms with Gasteiger partial charge in [0, 0.05) is 16.0 Å². The Kier molecular flexibility index (Phi) is 3.26. The third-order valence-electron chi connectivity index (χ3n) is 2.48. The van der Waals surface area contributed by atoms with Gasteiger partial charge in [0.1, 0.15) is 6.29 Å². The summed E-state index contributed by atoms with van der Waals surface area (Å²) in [5, 5.41) is 1.78. The maximum Gasteiger partial charge on any atom is 0.417 e. The Balaban J connectivity index is 2.65. The van der Waals surface area contributed by atoms with E-state index in [1.165, 1.54) is 23.5 Å². The number of hydrogen-bond donors (Lipinski definition) is 0. The van der Waals surface area contributed by atoms with Crippen LogP contribution in [0.3, 0.4) is 0 Å². The quantitative estimate of drug-likeness (QED) is 0.731. The smallest absolute Gasteiger partial charge is 0.298 e. The number of rotatable bonds is 2. The molecule has 0 N–H and O–H groups in total. The van der Waals surface area contributed by atoms with Gasteiger partial charge in [0.15, 0.2) is 0 Å². The van der Waals surface area contributed by atoms with Crippen molar-refractivity contribution in [3.8, 4) is 10.4 Å². The van der Waals surface area contributed by atoms with Crippen LogP contribution in [0.25, 0.3) is 10.4 Å². The maximum atomic E-state index is 12.9. The molecule has 2 aromatic rings. The molecule has 0 radical (unpaired) electrons. The number of halogens is 3. The zero-order valence-corrected chi connectivity index (χ0v) is 10.2. The summed E-state index contributed by atoms with van der Waals surface area (Å²) in [6.45, 7) is 1.82. The number of carbonyl (C=O) groups excluding carboxylic acids is 1. The molecule has 18 heavy (non-hydrogen) atoms. The molecule has 0 spiro atoms. The molecule has 0 amide bonds. The predicted octanol–water partition coefficient (Wildman–Crippen LogP) is 4.55. The van der Waals surface area contributed by atoms with Crippen LogP contribution in [0.2, 0.25) is 0 Å². The molecule has 0 aliphatic heterocycles. The van der Waals surface area contributed by atoms with Crippen molar-refractivity contribution in [3.05, 3.63) is 46.3 Å². The first-order valence-electron chi connectivity index (χ1n) is 5.14. The van der Waals surface area contributed by atoms with E-state index in [-0.39, 0.29) is 11.1 Å². The second-order valence-electron chi connectivity index (χ2n) is 3.91. The van der Waals surface area contributed by atoms with Crippen LogP contribution >= 0.6 is 11.3 Å². The van der Waals surface area contributed by atoms with Crippen molar-refractivity contribution < 1.29 is 18.0 Å². The van der Waals surface area contributed by atoms with Crippen LogP contribution in [0, 0.1) is 6.92 Å². The highest BCUT2D eigenvalue weighted by atomic mass is 32.1. The molecule has 1 aromatic heterocycles. The SMILES string of the molecule is Cc1csc(-c2cc(C=O)ccc2C(F)(F)F)c1. The number of carbonyl (C=O) groups is 1. The van der Waals surface area contributed by atoms with Gasteiger partial charge in [0.2, 0.25) is 0 Å². The molecule has 0 aliphatic rings. The summed E-state index contributed by atoms with van der Waals surface area (Å²) >= 11 is 1.24. The summed E-state index contributed by atoms with van der Waals surface area (Å²) < 4.78 is 38.7. The van der Waals surface area contributed by atoms with Crippen molar-refractivity contribution >= 4 is 17.6 Å². The van der Waals surface area contributed by atoms with Crippen LogP contribution in [0.15, 0.2) is 29.6 Å². The van der Waals surface area contributed by atoms with E-state index < -0.39 is 11.7 Å². The average molecular weight is 270 g/mol. The first-order chi connectivity index (χ1) is 8.41. The summed E-state index contributed by atoms with van der Waals surface area (Å²) in [5.41, 5.74) is 0.490. The third-order valence-corrected chi connectivity index (χ3v) is 3.56. The number of aldehydes is 1. The van der Waals surface area contributed by atoms with Crippen molar-refractivity contribution in [2.45, 2.75) is 13.1 Å². The molecule has 2 rings (SSSR count). The summed E-state index contributed by atoms with van der Waals surface area (Å²) in [6.07, 6.45) is -3.88. The lowest BCUT2D eigenvalue weighted by atomic mass is 10.0. The van der Waals surface area contributed by atoms with Crippen molar-refractivity contribution in [2.75, 3.05) is 0 Å². The Hall–Kier alpha value is -1.62. The Morgan fingerprint density at radius 2 is 1.94 bits per heavy atom. The van der Waals surface area contributed by atoms with Gasteiger partial charge in [-0.05, 0) is 36.1 Å². The van der Waals surface area contributed by atoms with Gasteiger partial charge in [0.05, 0.1) is 5.56 Å². The fourth-order valence-corrected chi connectivity index (χ4v) is 2.59. The molecule has 0 saturated heterocycles. The molecule has 0 aliphatic carbocycles. The van der Waals surface area contributed by atoms with Crippen LogP contribution in [-0.4, -0.2) is 6.29 Å². The highest BCUT2D eigenvalue weighted by Gasteiger charge is 2.33. The van der Waals surface area contributed by atoms with E-state index in [1.807, 2.05) is 6.92 Å². The average Bonchev–Trinajstić information content (AvgIpc) is 2.74. The summed E-state index contributed by atoms with van der Waals surface area (Å²) in [4.78, 5) is 11.2. The molecule has 1 heterocycles. The zero-order chi connectivity index (χ0) is 13.3. The van der Waals surface area contributed by atoms with Gasteiger partial charge in [-0.3, -0.25) is 4.79 Å². The minimum Gasteiger partial charge on any atom is -0.298 e. The number of hydrogen-bond acceptors (Lipinski definition) is 2. The van der Waals surface area contributed by atoms with Crippen molar-refractivity contribution in [2.24, 2.45) is 0 Å². The van der Waals surface area contributed by atoms with E-state index in [9.17, 15) is 18.0 Å². The lowest BCUT2D eigenvalue weighted by Crippen LogP contribution is -2.07. The molecule has 5 heteroatoms. The molecule has 0 unspecified atom stereocenters. The number of thiophene rings is 1. The largest absolute Gasteiger partial charge is 0.417 e. The highest BCUT2D eigenvalue weighted by Crippen LogP contribution is 2.39. The monoisotopic (exact) mass is 270 g/mol. The Morgan fingerprint density at radius 3 is 2.44 bits per heavy atom. The fraction of sp³-hybridized carbons (Fsp3) is 0.154. The lowest BCUT2D eigenvalue weighted by molar-refractivity contribution is -0.137. The van der Waals surface area contributed by atoms with E-state index in [1.54, 1.807) is 11.4 Å². The molecule has 0 saturated carbocycles. The van der Waals surface area contributed by atoms with E-state index in [0.717, 1.165) is 11.6 Å². The Bertz CT molecular complexity index is 584. The van der Waals surface area contributed by atoms with Crippen LogP contribution in [0.4, 0.5) is 13.2 Å². The summed E-state index contributed by atoms with van der Waals surface area (Å²) in [6, 6.07) is 5.10. The first-order valence-corrected chi connectivity index (χ1v) is 6.01. The van der Waals surface area contributed by atoms with Gasteiger partial charge < -0.3 is 0 Å². The molecule has 94 valence electrons. The Labute approximate surface area is 106 Å². The van der Waals surface area contributed by atoms with Crippen molar-refractivity contribution in [1.29, 1.82) is 0 Å². The maximum absolute atomic E-state index is 12.9. The minimum atomic E-state index is -4.42. The van der Waals surface area contributed by atoms with Crippen LogP contribution < -0.4 is 0 Å². The van der Waals surface area contributed by atoms with Crippen molar-refractivity contribution in [1.82, 2.24) is 0 Å². The van der Waals surface area contributed by atoms with Crippen LogP contribution in [-0.2, 0) is 6.18 Å². The summed E-state index contributed by atoms with van der Waals surface area (Å²) in [5.74, 6) is 0. The molecular formula is C13H9F3OS. The lowest BCUT2D eigenvalue weighted by Gasteiger charge is -2.12. The van der Waals surface area contributed by atoms with E-state index >= 15 is 0 Å². The van der Waals surface area contributed by atoms with Gasteiger partial charge in [-0.25, -0.2) is 0 Å². The number of aryl methyl sites for hydroxylation is 1. The highest BCUT2D eigenvalue weighted by molar-refractivity contribution is 7.13. The first kappa shape index (κ1) is 12.8. The van der Waals surface area contributed by atoms with E-state index in [4.69, 9.17) is 0 Å². The number of benzene rings is 1. The summed E-state index contributed by atoms with van der Waals surface area (Å²) in [7, 11) is 0. The molecule has 0 bridgehead atoms. The zero-order valence-electron chi connectivity index (χ0n) is 9.41.